The number of nitrogens with zero attached hydrogens (tertiary/aromatic N) is 2. The fourth-order valence-electron chi connectivity index (χ4n) is 4.13. The van der Waals surface area contributed by atoms with Crippen LogP contribution >= 0.6 is 0 Å². The predicted molar refractivity (Wildman–Crippen MR) is 129 cm³/mol. The van der Waals surface area contributed by atoms with Gasteiger partial charge in [-0.25, -0.2) is 4.39 Å². The summed E-state index contributed by atoms with van der Waals surface area (Å²) in [5, 5.41) is 6.56. The van der Waals surface area contributed by atoms with Crippen molar-refractivity contribution in [3.63, 3.8) is 0 Å². The van der Waals surface area contributed by atoms with E-state index in [-0.39, 0.29) is 23.8 Å². The van der Waals surface area contributed by atoms with Crippen LogP contribution in [0.1, 0.15) is 23.1 Å². The Balaban J connectivity index is 1.38. The molecule has 170 valence electrons. The van der Waals surface area contributed by atoms with Crippen LogP contribution in [0.5, 0.6) is 0 Å². The van der Waals surface area contributed by atoms with Crippen molar-refractivity contribution in [1.29, 1.82) is 0 Å². The van der Waals surface area contributed by atoms with Gasteiger partial charge in [0, 0.05) is 44.6 Å². The maximum absolute atomic E-state index is 13.5. The van der Waals surface area contributed by atoms with Gasteiger partial charge >= 0.3 is 0 Å². The summed E-state index contributed by atoms with van der Waals surface area (Å²) in [4.78, 5) is 19.4. The zero-order valence-electron chi connectivity index (χ0n) is 18.5. The minimum absolute atomic E-state index is 0.0158. The fourth-order valence-corrected chi connectivity index (χ4v) is 4.13. The summed E-state index contributed by atoms with van der Waals surface area (Å²) in [6.45, 7) is 2.45. The molecule has 4 rings (SSSR count). The summed E-state index contributed by atoms with van der Waals surface area (Å²) < 4.78 is 13.5. The lowest BCUT2D eigenvalue weighted by Crippen LogP contribution is -2.43. The molecule has 2 heterocycles. The molecule has 5 nitrogen and oxygen atoms in total. The molecular formula is C27H29FN4O. The third-order valence-electron chi connectivity index (χ3n) is 5.83. The van der Waals surface area contributed by atoms with Crippen LogP contribution in [0.15, 0.2) is 85.2 Å². The molecule has 1 aliphatic rings. The first-order valence-corrected chi connectivity index (χ1v) is 11.3. The third-order valence-corrected chi connectivity index (χ3v) is 5.83. The summed E-state index contributed by atoms with van der Waals surface area (Å²) in [5.41, 5.74) is 3.00. The van der Waals surface area contributed by atoms with Crippen molar-refractivity contribution < 1.29 is 9.18 Å². The minimum atomic E-state index is -0.235. The second kappa shape index (κ2) is 11.5. The molecule has 0 aliphatic carbocycles. The molecule has 0 saturated carbocycles. The van der Waals surface area contributed by atoms with Gasteiger partial charge in [-0.1, -0.05) is 60.7 Å². The van der Waals surface area contributed by atoms with Crippen molar-refractivity contribution in [1.82, 2.24) is 20.5 Å². The first kappa shape index (κ1) is 22.8. The number of carbonyl (C=O) groups excluding carboxylic acids is 1. The molecule has 0 radical (unpaired) electrons. The molecule has 3 aromatic rings. The van der Waals surface area contributed by atoms with E-state index in [0.717, 1.165) is 23.2 Å². The smallest absolute Gasteiger partial charge is 0.237 e. The van der Waals surface area contributed by atoms with Crippen LogP contribution in [-0.2, 0) is 17.9 Å². The quantitative estimate of drug-likeness (QED) is 0.527. The highest BCUT2D eigenvalue weighted by molar-refractivity contribution is 5.82. The number of nitrogens with one attached hydrogen (secondary N) is 2. The lowest BCUT2D eigenvalue weighted by molar-refractivity contribution is -0.125. The maximum atomic E-state index is 13.5. The fraction of sp³-hybridized carbons (Fsp3) is 0.259. The largest absolute Gasteiger partial charge is 0.351 e. The van der Waals surface area contributed by atoms with Gasteiger partial charge in [0.15, 0.2) is 0 Å². The van der Waals surface area contributed by atoms with Gasteiger partial charge in [-0.05, 0) is 41.3 Å². The van der Waals surface area contributed by atoms with Crippen LogP contribution in [0, 0.1) is 5.82 Å². The molecule has 33 heavy (non-hydrogen) atoms. The monoisotopic (exact) mass is 444 g/mol. The molecule has 2 N–H and O–H groups in total. The highest BCUT2D eigenvalue weighted by Gasteiger charge is 2.35. The molecule has 2 atom stereocenters. The van der Waals surface area contributed by atoms with E-state index in [0.29, 0.717) is 26.1 Å². The van der Waals surface area contributed by atoms with Crippen LogP contribution < -0.4 is 10.6 Å². The second-order valence-corrected chi connectivity index (χ2v) is 8.31. The van der Waals surface area contributed by atoms with E-state index in [9.17, 15) is 9.18 Å². The number of rotatable bonds is 9. The molecule has 0 spiro atoms. The van der Waals surface area contributed by atoms with Gasteiger partial charge in [0.2, 0.25) is 5.91 Å². The second-order valence-electron chi connectivity index (χ2n) is 8.31. The summed E-state index contributed by atoms with van der Waals surface area (Å²) in [6.07, 6.45) is 8.37. The Labute approximate surface area is 194 Å². The van der Waals surface area contributed by atoms with Crippen molar-refractivity contribution in [2.45, 2.75) is 31.6 Å². The zero-order valence-corrected chi connectivity index (χ0v) is 18.5. The normalized spacial score (nSPS) is 18.6. The van der Waals surface area contributed by atoms with Gasteiger partial charge < -0.3 is 10.6 Å². The summed E-state index contributed by atoms with van der Waals surface area (Å²) in [6, 6.07) is 20.5. The predicted octanol–water partition coefficient (Wildman–Crippen LogP) is 3.78. The molecule has 6 heteroatoms. The lowest BCUT2D eigenvalue weighted by Gasteiger charge is -2.22. The summed E-state index contributed by atoms with van der Waals surface area (Å²) in [5.74, 6) is -0.219. The van der Waals surface area contributed by atoms with Crippen molar-refractivity contribution >= 4 is 12.0 Å². The number of pyridine rings is 1. The Morgan fingerprint density at radius 2 is 1.91 bits per heavy atom. The molecule has 1 aromatic heterocycles. The van der Waals surface area contributed by atoms with E-state index < -0.39 is 0 Å². The lowest BCUT2D eigenvalue weighted by atomic mass is 10.1. The molecule has 2 aromatic carbocycles. The van der Waals surface area contributed by atoms with Crippen molar-refractivity contribution in [2.75, 3.05) is 13.1 Å². The van der Waals surface area contributed by atoms with E-state index in [1.54, 1.807) is 24.5 Å². The van der Waals surface area contributed by atoms with Crippen LogP contribution in [0.25, 0.3) is 6.08 Å². The molecule has 0 bridgehead atoms. The van der Waals surface area contributed by atoms with Crippen molar-refractivity contribution in [2.24, 2.45) is 0 Å². The average molecular weight is 445 g/mol. The molecule has 0 unspecified atom stereocenters. The number of benzene rings is 2. The maximum Gasteiger partial charge on any atom is 0.237 e. The topological polar surface area (TPSA) is 57.3 Å². The van der Waals surface area contributed by atoms with Crippen LogP contribution in [-0.4, -0.2) is 41.0 Å². The first-order valence-electron chi connectivity index (χ1n) is 11.3. The summed E-state index contributed by atoms with van der Waals surface area (Å²) in [7, 11) is 0. The van der Waals surface area contributed by atoms with Gasteiger partial charge in [-0.15, -0.1) is 0 Å². The van der Waals surface area contributed by atoms with Gasteiger partial charge in [0.1, 0.15) is 5.82 Å². The van der Waals surface area contributed by atoms with Gasteiger partial charge in [0.05, 0.1) is 6.04 Å². The Morgan fingerprint density at radius 1 is 1.06 bits per heavy atom. The van der Waals surface area contributed by atoms with E-state index in [1.165, 1.54) is 6.07 Å². The summed E-state index contributed by atoms with van der Waals surface area (Å²) >= 11 is 0. The Hall–Kier alpha value is -3.35. The Kier molecular flexibility index (Phi) is 7.95. The minimum Gasteiger partial charge on any atom is -0.351 e. The third kappa shape index (κ3) is 6.81. The molecular weight excluding hydrogens is 415 g/mol. The van der Waals surface area contributed by atoms with E-state index >= 15 is 0 Å². The van der Waals surface area contributed by atoms with E-state index in [2.05, 4.69) is 44.8 Å². The van der Waals surface area contributed by atoms with E-state index in [4.69, 9.17) is 0 Å². The first-order chi connectivity index (χ1) is 16.2. The van der Waals surface area contributed by atoms with Crippen LogP contribution in [0.2, 0.25) is 0 Å². The average Bonchev–Trinajstić information content (AvgIpc) is 3.26. The van der Waals surface area contributed by atoms with Crippen LogP contribution in [0.4, 0.5) is 4.39 Å². The number of hydrogen-bond donors (Lipinski definition) is 2. The van der Waals surface area contributed by atoms with Crippen molar-refractivity contribution in [3.8, 4) is 0 Å². The number of halogens is 1. The number of amides is 1. The number of likely N-dealkylation sites (tertiary alicyclic amines) is 1. The standard InChI is InChI=1S/C27H29FN4O/c28-24-12-4-9-22(15-24)18-30-25-16-26(27(33)31-19-23-10-5-13-29-17-23)32(20-25)14-6-11-21-7-2-1-3-8-21/h1-13,15,17,25-26,30H,14,16,18-20H2,(H,31,33)/b11-6+/t25-,26-/m0/s1. The SMILES string of the molecule is O=C(NCc1cccnc1)[C@@H]1C[C@H](NCc2cccc(F)c2)CN1C/C=C/c1ccccc1. The Bertz CT molecular complexity index is 1060. The molecule has 1 saturated heterocycles. The molecule has 1 aliphatic heterocycles. The van der Waals surface area contributed by atoms with Crippen LogP contribution in [0.3, 0.4) is 0 Å². The molecule has 1 fully saturated rings. The molecule has 1 amide bonds. The highest BCUT2D eigenvalue weighted by atomic mass is 19.1. The highest BCUT2D eigenvalue weighted by Crippen LogP contribution is 2.19. The van der Waals surface area contributed by atoms with Gasteiger partial charge in [0.25, 0.3) is 0 Å². The van der Waals surface area contributed by atoms with Crippen molar-refractivity contribution in [3.05, 3.63) is 108 Å². The number of carbonyl (C=O) groups is 1. The van der Waals surface area contributed by atoms with Gasteiger partial charge in [-0.3, -0.25) is 14.7 Å². The zero-order chi connectivity index (χ0) is 22.9. The number of aromatic nitrogens is 1. The number of hydrogen-bond acceptors (Lipinski definition) is 4. The van der Waals surface area contributed by atoms with Gasteiger partial charge in [-0.2, -0.15) is 0 Å². The van der Waals surface area contributed by atoms with E-state index in [1.807, 2.05) is 36.4 Å². The Morgan fingerprint density at radius 3 is 2.70 bits per heavy atom.